The summed E-state index contributed by atoms with van der Waals surface area (Å²) in [4.78, 5) is 14.6. The van der Waals surface area contributed by atoms with Gasteiger partial charge in [-0.05, 0) is 18.1 Å². The third-order valence-corrected chi connectivity index (χ3v) is 4.28. The number of alkyl halides is 3. The molecule has 0 bridgehead atoms. The van der Waals surface area contributed by atoms with E-state index in [0.29, 0.717) is 18.5 Å². The van der Waals surface area contributed by atoms with Crippen LogP contribution < -0.4 is 10.6 Å². The molecular weight excluding hydrogens is 319 g/mol. The first-order valence-electron chi connectivity index (χ1n) is 8.29. The van der Waals surface area contributed by atoms with E-state index in [2.05, 4.69) is 15.5 Å². The number of benzene rings is 1. The number of nitrogens with zero attached hydrogens (tertiary/aromatic N) is 1. The van der Waals surface area contributed by atoms with Crippen LogP contribution in [0.2, 0.25) is 0 Å². The van der Waals surface area contributed by atoms with Crippen molar-refractivity contribution in [3.05, 3.63) is 35.4 Å². The largest absolute Gasteiger partial charge is 0.416 e. The van der Waals surface area contributed by atoms with E-state index in [4.69, 9.17) is 0 Å². The summed E-state index contributed by atoms with van der Waals surface area (Å²) in [5, 5.41) is 6.11. The van der Waals surface area contributed by atoms with E-state index in [-0.39, 0.29) is 5.91 Å². The smallest absolute Gasteiger partial charge is 0.354 e. The molecular formula is C17H24F3N3O. The second-order valence-electron chi connectivity index (χ2n) is 5.97. The zero-order valence-electron chi connectivity index (χ0n) is 13.8. The Morgan fingerprint density at radius 3 is 2.67 bits per heavy atom. The van der Waals surface area contributed by atoms with E-state index in [1.54, 1.807) is 13.0 Å². The molecule has 0 aromatic heterocycles. The first-order chi connectivity index (χ1) is 11.4. The second-order valence-corrected chi connectivity index (χ2v) is 5.97. The minimum atomic E-state index is -4.40. The topological polar surface area (TPSA) is 44.4 Å². The van der Waals surface area contributed by atoms with Gasteiger partial charge in [0.25, 0.3) is 0 Å². The number of piperazine rings is 1. The van der Waals surface area contributed by atoms with Crippen molar-refractivity contribution >= 4 is 5.91 Å². The van der Waals surface area contributed by atoms with Gasteiger partial charge < -0.3 is 10.6 Å². The molecule has 4 nitrogen and oxygen atoms in total. The highest BCUT2D eigenvalue weighted by Gasteiger charge is 2.31. The molecule has 1 unspecified atom stereocenters. The van der Waals surface area contributed by atoms with Crippen LogP contribution in [-0.4, -0.2) is 50.1 Å². The van der Waals surface area contributed by atoms with Crippen LogP contribution in [0.3, 0.4) is 0 Å². The van der Waals surface area contributed by atoms with Gasteiger partial charge in [-0.15, -0.1) is 0 Å². The van der Waals surface area contributed by atoms with Crippen molar-refractivity contribution in [1.29, 1.82) is 0 Å². The van der Waals surface area contributed by atoms with Crippen molar-refractivity contribution in [2.45, 2.75) is 25.4 Å². The lowest BCUT2D eigenvalue weighted by atomic mass is 9.94. The minimum Gasteiger partial charge on any atom is -0.354 e. The van der Waals surface area contributed by atoms with Gasteiger partial charge in [-0.1, -0.05) is 25.1 Å². The van der Waals surface area contributed by atoms with Crippen molar-refractivity contribution in [1.82, 2.24) is 15.5 Å². The van der Waals surface area contributed by atoms with Crippen LogP contribution in [0.15, 0.2) is 24.3 Å². The number of hydrogen-bond donors (Lipinski definition) is 2. The Kier molecular flexibility index (Phi) is 6.62. The molecule has 1 saturated heterocycles. The zero-order valence-corrected chi connectivity index (χ0v) is 13.8. The molecule has 24 heavy (non-hydrogen) atoms. The minimum absolute atomic E-state index is 0.216. The predicted molar refractivity (Wildman–Crippen MR) is 86.8 cm³/mol. The monoisotopic (exact) mass is 343 g/mol. The van der Waals surface area contributed by atoms with E-state index in [1.807, 2.05) is 0 Å². The van der Waals surface area contributed by atoms with E-state index < -0.39 is 17.7 Å². The Labute approximate surface area is 140 Å². The highest BCUT2D eigenvalue weighted by Crippen LogP contribution is 2.31. The quantitative estimate of drug-likeness (QED) is 0.832. The number of carbonyl (C=O) groups is 1. The van der Waals surface area contributed by atoms with Gasteiger partial charge in [0, 0.05) is 39.3 Å². The first kappa shape index (κ1) is 18.7. The molecule has 1 aromatic carbocycles. The van der Waals surface area contributed by atoms with Crippen LogP contribution in [0.1, 0.15) is 30.4 Å². The third kappa shape index (κ3) is 5.21. The van der Waals surface area contributed by atoms with Gasteiger partial charge in [-0.2, -0.15) is 13.2 Å². The van der Waals surface area contributed by atoms with Crippen molar-refractivity contribution in [3.63, 3.8) is 0 Å². The molecule has 7 heteroatoms. The van der Waals surface area contributed by atoms with Crippen LogP contribution >= 0.6 is 0 Å². The second kappa shape index (κ2) is 8.48. The summed E-state index contributed by atoms with van der Waals surface area (Å²) in [5.41, 5.74) is -0.306. The average Bonchev–Trinajstić information content (AvgIpc) is 2.56. The molecule has 1 atom stereocenters. The highest BCUT2D eigenvalue weighted by atomic mass is 19.4. The van der Waals surface area contributed by atoms with E-state index in [9.17, 15) is 18.0 Å². The van der Waals surface area contributed by atoms with Gasteiger partial charge >= 0.3 is 6.18 Å². The summed E-state index contributed by atoms with van der Waals surface area (Å²) in [6, 6.07) is 5.04. The van der Waals surface area contributed by atoms with E-state index >= 15 is 0 Å². The molecule has 0 saturated carbocycles. The Morgan fingerprint density at radius 1 is 1.33 bits per heavy atom. The van der Waals surface area contributed by atoms with Crippen LogP contribution in [0, 0.1) is 0 Å². The average molecular weight is 343 g/mol. The Hall–Kier alpha value is -1.60. The lowest BCUT2D eigenvalue weighted by Gasteiger charge is -2.27. The molecule has 1 aromatic rings. The molecule has 0 aliphatic carbocycles. The van der Waals surface area contributed by atoms with Crippen molar-refractivity contribution in [3.8, 4) is 0 Å². The summed E-state index contributed by atoms with van der Waals surface area (Å²) in [7, 11) is 0. The number of amides is 1. The lowest BCUT2D eigenvalue weighted by Crippen LogP contribution is -2.46. The molecule has 0 radical (unpaired) electrons. The first-order valence-corrected chi connectivity index (χ1v) is 8.29. The molecule has 1 fully saturated rings. The summed E-state index contributed by atoms with van der Waals surface area (Å²) < 4.78 is 38.5. The van der Waals surface area contributed by atoms with Crippen LogP contribution in [0.25, 0.3) is 0 Å². The summed E-state index contributed by atoms with van der Waals surface area (Å²) in [6.45, 7) is 6.84. The van der Waals surface area contributed by atoms with Crippen LogP contribution in [0.5, 0.6) is 0 Å². The molecule has 2 N–H and O–H groups in total. The van der Waals surface area contributed by atoms with Gasteiger partial charge in [0.05, 0.1) is 11.5 Å². The SMILES string of the molecule is CCC(C(=O)NCCN1CCNCC1)c1cccc(C(F)(F)F)c1. The lowest BCUT2D eigenvalue weighted by molar-refractivity contribution is -0.137. The highest BCUT2D eigenvalue weighted by molar-refractivity contribution is 5.83. The van der Waals surface area contributed by atoms with Gasteiger partial charge in [-0.3, -0.25) is 9.69 Å². The summed E-state index contributed by atoms with van der Waals surface area (Å²) >= 11 is 0. The Bertz CT molecular complexity index is 542. The van der Waals surface area contributed by atoms with E-state index in [1.165, 1.54) is 6.07 Å². The van der Waals surface area contributed by atoms with Crippen LogP contribution in [0.4, 0.5) is 13.2 Å². The normalized spacial score (nSPS) is 17.5. The van der Waals surface area contributed by atoms with Crippen molar-refractivity contribution in [2.75, 3.05) is 39.3 Å². The maximum atomic E-state index is 12.8. The van der Waals surface area contributed by atoms with Crippen molar-refractivity contribution in [2.24, 2.45) is 0 Å². The number of halogens is 3. The standard InChI is InChI=1S/C17H24F3N3O/c1-2-15(13-4-3-5-14(12-13)17(18,19)20)16(24)22-8-11-23-9-6-21-7-10-23/h3-5,12,15,21H,2,6-11H2,1H3,(H,22,24). The number of carbonyl (C=O) groups excluding carboxylic acids is 1. The molecule has 134 valence electrons. The fourth-order valence-corrected chi connectivity index (χ4v) is 2.90. The Balaban J connectivity index is 1.93. The summed E-state index contributed by atoms with van der Waals surface area (Å²) in [6.07, 6.45) is -3.94. The third-order valence-electron chi connectivity index (χ3n) is 4.28. The van der Waals surface area contributed by atoms with Crippen molar-refractivity contribution < 1.29 is 18.0 Å². The molecule has 1 aliphatic heterocycles. The maximum Gasteiger partial charge on any atom is 0.416 e. The predicted octanol–water partition coefficient (Wildman–Crippen LogP) is 2.22. The number of hydrogen-bond acceptors (Lipinski definition) is 3. The Morgan fingerprint density at radius 2 is 2.04 bits per heavy atom. The maximum absolute atomic E-state index is 12.8. The van der Waals surface area contributed by atoms with Gasteiger partial charge in [0.1, 0.15) is 0 Å². The molecule has 1 amide bonds. The van der Waals surface area contributed by atoms with Gasteiger partial charge in [0.2, 0.25) is 5.91 Å². The number of nitrogens with one attached hydrogen (secondary N) is 2. The summed E-state index contributed by atoms with van der Waals surface area (Å²) in [5.74, 6) is -0.776. The fourth-order valence-electron chi connectivity index (χ4n) is 2.90. The zero-order chi connectivity index (χ0) is 17.6. The molecule has 2 rings (SSSR count). The van der Waals surface area contributed by atoms with Gasteiger partial charge in [0.15, 0.2) is 0 Å². The molecule has 1 aliphatic rings. The van der Waals surface area contributed by atoms with Crippen LogP contribution in [-0.2, 0) is 11.0 Å². The molecule has 0 spiro atoms. The molecule has 1 heterocycles. The number of rotatable bonds is 6. The van der Waals surface area contributed by atoms with E-state index in [0.717, 1.165) is 44.9 Å². The van der Waals surface area contributed by atoms with Gasteiger partial charge in [-0.25, -0.2) is 0 Å². The fraction of sp³-hybridized carbons (Fsp3) is 0.588.